The van der Waals surface area contributed by atoms with Gasteiger partial charge in [0, 0.05) is 6.07 Å². The minimum absolute atomic E-state index is 0.00194. The van der Waals surface area contributed by atoms with Crippen molar-refractivity contribution in [3.63, 3.8) is 0 Å². The van der Waals surface area contributed by atoms with E-state index in [1.165, 1.54) is 13.0 Å². The first kappa shape index (κ1) is 11.7. The zero-order valence-corrected chi connectivity index (χ0v) is 9.37. The monoisotopic (exact) mass is 239 g/mol. The number of rotatable bonds is 2. The van der Waals surface area contributed by atoms with E-state index in [-0.39, 0.29) is 17.3 Å². The Balaban J connectivity index is 2.49. The molecule has 90 valence electrons. The van der Waals surface area contributed by atoms with E-state index in [1.54, 1.807) is 6.92 Å². The number of hydrogen-bond acceptors (Lipinski definition) is 4. The molecule has 2 N–H and O–H groups in total. The standard InChI is InChI=1S/C11H11F2N3O/c1-5-3-7(9(13)4-8(5)12)11-16-15-10(17-11)6(2)14/h3-4,6H,14H2,1-2H3. The Morgan fingerprint density at radius 3 is 2.53 bits per heavy atom. The zero-order chi connectivity index (χ0) is 12.6. The zero-order valence-electron chi connectivity index (χ0n) is 9.37. The summed E-state index contributed by atoms with van der Waals surface area (Å²) in [6, 6.07) is 1.68. The topological polar surface area (TPSA) is 64.9 Å². The molecule has 2 aromatic rings. The first-order valence-corrected chi connectivity index (χ1v) is 5.04. The molecule has 1 unspecified atom stereocenters. The third-order valence-electron chi connectivity index (χ3n) is 2.31. The molecule has 1 aromatic heterocycles. The molecule has 1 aromatic carbocycles. The van der Waals surface area contributed by atoms with Gasteiger partial charge >= 0.3 is 0 Å². The van der Waals surface area contributed by atoms with Gasteiger partial charge in [0.15, 0.2) is 0 Å². The van der Waals surface area contributed by atoms with Gasteiger partial charge < -0.3 is 10.2 Å². The molecule has 0 fully saturated rings. The molecule has 0 saturated heterocycles. The van der Waals surface area contributed by atoms with E-state index in [9.17, 15) is 8.78 Å². The Bertz CT molecular complexity index is 552. The van der Waals surface area contributed by atoms with Crippen molar-refractivity contribution in [3.05, 3.63) is 35.2 Å². The van der Waals surface area contributed by atoms with Crippen LogP contribution in [0.3, 0.4) is 0 Å². The normalized spacial score (nSPS) is 12.8. The van der Waals surface area contributed by atoms with Crippen molar-refractivity contribution < 1.29 is 13.2 Å². The van der Waals surface area contributed by atoms with Crippen molar-refractivity contribution >= 4 is 0 Å². The van der Waals surface area contributed by atoms with E-state index >= 15 is 0 Å². The van der Waals surface area contributed by atoms with Crippen LogP contribution in [0.5, 0.6) is 0 Å². The molecule has 6 heteroatoms. The molecule has 0 saturated carbocycles. The number of aryl methyl sites for hydroxylation is 1. The lowest BCUT2D eigenvalue weighted by atomic mass is 10.1. The van der Waals surface area contributed by atoms with Crippen LogP contribution in [0.2, 0.25) is 0 Å². The SMILES string of the molecule is Cc1cc(-c2nnc(C(C)N)o2)c(F)cc1F. The van der Waals surface area contributed by atoms with Crippen LogP contribution in [0.25, 0.3) is 11.5 Å². The predicted octanol–water partition coefficient (Wildman–Crippen LogP) is 2.34. The summed E-state index contributed by atoms with van der Waals surface area (Å²) in [6.07, 6.45) is 0. The molecule has 0 aliphatic rings. The highest BCUT2D eigenvalue weighted by Gasteiger charge is 2.16. The van der Waals surface area contributed by atoms with Crippen LogP contribution < -0.4 is 5.73 Å². The van der Waals surface area contributed by atoms with Crippen LogP contribution in [0.1, 0.15) is 24.4 Å². The lowest BCUT2D eigenvalue weighted by molar-refractivity contribution is 0.470. The van der Waals surface area contributed by atoms with Gasteiger partial charge in [-0.1, -0.05) is 0 Å². The van der Waals surface area contributed by atoms with E-state index in [2.05, 4.69) is 10.2 Å². The second kappa shape index (κ2) is 4.21. The molecule has 0 radical (unpaired) electrons. The van der Waals surface area contributed by atoms with Crippen molar-refractivity contribution in [2.45, 2.75) is 19.9 Å². The van der Waals surface area contributed by atoms with Crippen LogP contribution in [-0.4, -0.2) is 10.2 Å². The van der Waals surface area contributed by atoms with Gasteiger partial charge in [0.2, 0.25) is 5.89 Å². The summed E-state index contributed by atoms with van der Waals surface area (Å²) in [5, 5.41) is 7.36. The highest BCUT2D eigenvalue weighted by Crippen LogP contribution is 2.25. The fraction of sp³-hybridized carbons (Fsp3) is 0.273. The van der Waals surface area contributed by atoms with E-state index < -0.39 is 17.7 Å². The third-order valence-corrected chi connectivity index (χ3v) is 2.31. The van der Waals surface area contributed by atoms with Crippen molar-refractivity contribution in [2.75, 3.05) is 0 Å². The van der Waals surface area contributed by atoms with Crippen molar-refractivity contribution in [2.24, 2.45) is 5.73 Å². The number of hydrogen-bond donors (Lipinski definition) is 1. The largest absolute Gasteiger partial charge is 0.419 e. The maximum Gasteiger partial charge on any atom is 0.250 e. The van der Waals surface area contributed by atoms with Gasteiger partial charge in [0.05, 0.1) is 11.6 Å². The molecule has 1 heterocycles. The summed E-state index contributed by atoms with van der Waals surface area (Å²) in [5.41, 5.74) is 5.93. The smallest absolute Gasteiger partial charge is 0.250 e. The van der Waals surface area contributed by atoms with Crippen LogP contribution >= 0.6 is 0 Å². The van der Waals surface area contributed by atoms with Crippen molar-refractivity contribution in [3.8, 4) is 11.5 Å². The first-order valence-electron chi connectivity index (χ1n) is 5.04. The summed E-state index contributed by atoms with van der Waals surface area (Å²) in [4.78, 5) is 0. The van der Waals surface area contributed by atoms with Crippen LogP contribution in [-0.2, 0) is 0 Å². The second-order valence-electron chi connectivity index (χ2n) is 3.82. The Kier molecular flexibility index (Phi) is 2.89. The molecule has 0 spiro atoms. The van der Waals surface area contributed by atoms with E-state index in [0.717, 1.165) is 6.07 Å². The van der Waals surface area contributed by atoms with Gasteiger partial charge in [0.1, 0.15) is 11.6 Å². The number of aromatic nitrogens is 2. The summed E-state index contributed by atoms with van der Waals surface area (Å²) in [6.45, 7) is 3.20. The molecule has 0 aliphatic heterocycles. The molecule has 17 heavy (non-hydrogen) atoms. The lowest BCUT2D eigenvalue weighted by Crippen LogP contribution is -2.04. The average molecular weight is 239 g/mol. The predicted molar refractivity (Wildman–Crippen MR) is 57.0 cm³/mol. The van der Waals surface area contributed by atoms with Crippen molar-refractivity contribution in [1.29, 1.82) is 0 Å². The minimum Gasteiger partial charge on any atom is -0.419 e. The van der Waals surface area contributed by atoms with Gasteiger partial charge in [-0.25, -0.2) is 8.78 Å². The van der Waals surface area contributed by atoms with Gasteiger partial charge in [-0.15, -0.1) is 10.2 Å². The fourth-order valence-electron chi connectivity index (χ4n) is 1.35. The lowest BCUT2D eigenvalue weighted by Gasteiger charge is -2.01. The number of nitrogens with zero attached hydrogens (tertiary/aromatic N) is 2. The Labute approximate surface area is 96.5 Å². The van der Waals surface area contributed by atoms with Crippen LogP contribution in [0.4, 0.5) is 8.78 Å². The molecular formula is C11H11F2N3O. The number of nitrogens with two attached hydrogens (primary N) is 1. The van der Waals surface area contributed by atoms with E-state index in [4.69, 9.17) is 10.2 Å². The maximum atomic E-state index is 13.5. The number of benzene rings is 1. The van der Waals surface area contributed by atoms with Gasteiger partial charge in [0.25, 0.3) is 5.89 Å². The minimum atomic E-state index is -0.743. The first-order chi connectivity index (χ1) is 7.99. The second-order valence-corrected chi connectivity index (χ2v) is 3.82. The summed E-state index contributed by atoms with van der Waals surface area (Å²) >= 11 is 0. The molecule has 4 nitrogen and oxygen atoms in total. The Morgan fingerprint density at radius 1 is 1.24 bits per heavy atom. The highest BCUT2D eigenvalue weighted by molar-refractivity contribution is 5.55. The average Bonchev–Trinajstić information content (AvgIpc) is 2.72. The van der Waals surface area contributed by atoms with E-state index in [0.29, 0.717) is 5.56 Å². The quantitative estimate of drug-likeness (QED) is 0.873. The molecule has 0 bridgehead atoms. The van der Waals surface area contributed by atoms with Gasteiger partial charge in [-0.2, -0.15) is 0 Å². The molecule has 0 aliphatic carbocycles. The molecule has 1 atom stereocenters. The Morgan fingerprint density at radius 2 is 1.94 bits per heavy atom. The number of halogens is 2. The summed E-state index contributed by atoms with van der Waals surface area (Å²) in [5.74, 6) is -1.15. The summed E-state index contributed by atoms with van der Waals surface area (Å²) < 4.78 is 31.8. The van der Waals surface area contributed by atoms with Gasteiger partial charge in [-0.05, 0) is 25.5 Å². The molecule has 2 rings (SSSR count). The maximum absolute atomic E-state index is 13.5. The van der Waals surface area contributed by atoms with Crippen LogP contribution in [0.15, 0.2) is 16.5 Å². The Hall–Kier alpha value is -1.82. The van der Waals surface area contributed by atoms with Crippen molar-refractivity contribution in [1.82, 2.24) is 10.2 Å². The van der Waals surface area contributed by atoms with Crippen LogP contribution in [0, 0.1) is 18.6 Å². The fourth-order valence-corrected chi connectivity index (χ4v) is 1.35. The summed E-state index contributed by atoms with van der Waals surface area (Å²) in [7, 11) is 0. The molecule has 0 amide bonds. The van der Waals surface area contributed by atoms with E-state index in [1.807, 2.05) is 0 Å². The third kappa shape index (κ3) is 2.16. The molecular weight excluding hydrogens is 228 g/mol. The highest BCUT2D eigenvalue weighted by atomic mass is 19.1. The van der Waals surface area contributed by atoms with Gasteiger partial charge in [-0.3, -0.25) is 0 Å².